The van der Waals surface area contributed by atoms with Crippen LogP contribution in [0.1, 0.15) is 56.1 Å². The molecule has 2 amide bonds. The van der Waals surface area contributed by atoms with Crippen molar-refractivity contribution in [2.75, 3.05) is 0 Å². The van der Waals surface area contributed by atoms with Gasteiger partial charge in [0, 0.05) is 6.42 Å². The van der Waals surface area contributed by atoms with Crippen LogP contribution in [-0.4, -0.2) is 11.8 Å². The first-order valence-electron chi connectivity index (χ1n) is 9.95. The fourth-order valence-corrected chi connectivity index (χ4v) is 6.07. The normalized spacial score (nSPS) is 30.9. The predicted octanol–water partition coefficient (Wildman–Crippen LogP) is 4.00. The number of benzene rings is 1. The number of hydrogen-bond acceptors (Lipinski definition) is 2. The molecule has 1 aromatic rings. The van der Waals surface area contributed by atoms with E-state index in [-0.39, 0.29) is 17.7 Å². The molecule has 28 heavy (non-hydrogen) atoms. The number of rotatable bonds is 4. The highest BCUT2D eigenvalue weighted by atomic mass is 19.4. The van der Waals surface area contributed by atoms with Gasteiger partial charge >= 0.3 is 6.18 Å². The van der Waals surface area contributed by atoms with Crippen LogP contribution < -0.4 is 10.9 Å². The minimum Gasteiger partial charge on any atom is -0.273 e. The van der Waals surface area contributed by atoms with Crippen molar-refractivity contribution in [3.63, 3.8) is 0 Å². The van der Waals surface area contributed by atoms with Gasteiger partial charge in [0.15, 0.2) is 0 Å². The highest BCUT2D eigenvalue weighted by molar-refractivity contribution is 5.83. The second-order valence-electron chi connectivity index (χ2n) is 9.06. The Labute approximate surface area is 162 Å². The molecule has 152 valence electrons. The number of alkyl halides is 3. The molecule has 4 saturated carbocycles. The summed E-state index contributed by atoms with van der Waals surface area (Å²) in [5.41, 5.74) is 4.70. The van der Waals surface area contributed by atoms with Gasteiger partial charge in [-0.25, -0.2) is 0 Å². The fraction of sp³-hybridized carbons (Fsp3) is 0.619. The smallest absolute Gasteiger partial charge is 0.273 e. The average Bonchev–Trinajstić information content (AvgIpc) is 2.58. The minimum atomic E-state index is -4.40. The van der Waals surface area contributed by atoms with Crippen LogP contribution in [-0.2, 0) is 22.2 Å². The minimum absolute atomic E-state index is 0.0875. The molecule has 4 aliphatic carbocycles. The maximum atomic E-state index is 12.6. The topological polar surface area (TPSA) is 58.2 Å². The summed E-state index contributed by atoms with van der Waals surface area (Å²) < 4.78 is 37.7. The first kappa shape index (κ1) is 19.3. The molecule has 0 aliphatic heterocycles. The van der Waals surface area contributed by atoms with Gasteiger partial charge in [0.25, 0.3) is 0 Å². The molecule has 4 nitrogen and oxygen atoms in total. The molecule has 5 rings (SSSR count). The third kappa shape index (κ3) is 4.18. The molecule has 0 aromatic heterocycles. The van der Waals surface area contributed by atoms with E-state index in [9.17, 15) is 22.8 Å². The van der Waals surface area contributed by atoms with Crippen molar-refractivity contribution in [1.82, 2.24) is 10.9 Å². The number of hydrazine groups is 1. The van der Waals surface area contributed by atoms with Crippen molar-refractivity contribution in [1.29, 1.82) is 0 Å². The summed E-state index contributed by atoms with van der Waals surface area (Å²) in [5, 5.41) is 0. The van der Waals surface area contributed by atoms with Crippen molar-refractivity contribution in [3.05, 3.63) is 35.4 Å². The van der Waals surface area contributed by atoms with E-state index >= 15 is 0 Å². The maximum Gasteiger partial charge on any atom is 0.416 e. The lowest BCUT2D eigenvalue weighted by Gasteiger charge is -2.56. The number of halogens is 3. The molecule has 2 N–H and O–H groups in total. The molecule has 0 atom stereocenters. The van der Waals surface area contributed by atoms with Gasteiger partial charge in [0.2, 0.25) is 11.8 Å². The number of amides is 2. The number of carbonyl (C=O) groups is 2. The first-order chi connectivity index (χ1) is 13.2. The summed E-state index contributed by atoms with van der Waals surface area (Å²) in [6.07, 6.45) is 3.24. The summed E-state index contributed by atoms with van der Waals surface area (Å²) in [6, 6.07) is 4.46. The summed E-state index contributed by atoms with van der Waals surface area (Å²) in [7, 11) is 0. The summed E-state index contributed by atoms with van der Waals surface area (Å²) in [4.78, 5) is 24.4. The Morgan fingerprint density at radius 1 is 0.893 bits per heavy atom. The van der Waals surface area contributed by atoms with E-state index in [1.807, 2.05) is 0 Å². The van der Waals surface area contributed by atoms with Gasteiger partial charge in [-0.15, -0.1) is 0 Å². The number of hydrogen-bond donors (Lipinski definition) is 2. The Balaban J connectivity index is 1.25. The monoisotopic (exact) mass is 394 g/mol. The Morgan fingerprint density at radius 3 is 1.89 bits per heavy atom. The molecule has 1 aromatic carbocycles. The van der Waals surface area contributed by atoms with Gasteiger partial charge in [0.1, 0.15) is 0 Å². The van der Waals surface area contributed by atoms with Crippen molar-refractivity contribution in [2.45, 2.75) is 57.5 Å². The Hall–Kier alpha value is -2.05. The van der Waals surface area contributed by atoms with Crippen LogP contribution in [0.5, 0.6) is 0 Å². The molecule has 7 heteroatoms. The second-order valence-corrected chi connectivity index (χ2v) is 9.06. The molecule has 4 bridgehead atoms. The van der Waals surface area contributed by atoms with E-state index in [1.165, 1.54) is 31.4 Å². The summed E-state index contributed by atoms with van der Waals surface area (Å²) in [5.74, 6) is 1.65. The number of nitrogens with one attached hydrogen (secondary N) is 2. The zero-order valence-corrected chi connectivity index (χ0v) is 15.6. The second kappa shape index (κ2) is 7.08. The summed E-state index contributed by atoms with van der Waals surface area (Å²) in [6.45, 7) is 0. The van der Waals surface area contributed by atoms with Gasteiger partial charge in [-0.1, -0.05) is 12.1 Å². The lowest BCUT2D eigenvalue weighted by molar-refractivity contribution is -0.137. The highest BCUT2D eigenvalue weighted by Gasteiger charge is 2.51. The zero-order chi connectivity index (χ0) is 19.9. The predicted molar refractivity (Wildman–Crippen MR) is 96.7 cm³/mol. The van der Waals surface area contributed by atoms with Crippen LogP contribution in [0.4, 0.5) is 13.2 Å². The molecule has 0 radical (unpaired) electrons. The molecule has 0 heterocycles. The molecule has 0 saturated heterocycles. The van der Waals surface area contributed by atoms with Crippen LogP contribution >= 0.6 is 0 Å². The molecule has 0 unspecified atom stereocenters. The van der Waals surface area contributed by atoms with E-state index < -0.39 is 17.6 Å². The van der Waals surface area contributed by atoms with Crippen molar-refractivity contribution < 1.29 is 22.8 Å². The lowest BCUT2D eigenvalue weighted by atomic mass is 9.49. The molecular formula is C21H25F3N2O2. The molecular weight excluding hydrogens is 369 g/mol. The number of carbonyl (C=O) groups excluding carboxylic acids is 2. The van der Waals surface area contributed by atoms with Crippen LogP contribution in [0, 0.1) is 23.2 Å². The molecule has 4 fully saturated rings. The van der Waals surface area contributed by atoms with Crippen LogP contribution in [0.25, 0.3) is 0 Å². The van der Waals surface area contributed by atoms with Gasteiger partial charge in [0.05, 0.1) is 12.0 Å². The SMILES string of the molecule is O=C(Cc1ccc(C(F)(F)F)cc1)NNC(=O)CC12CC3CC(CC(C3)C1)C2. The zero-order valence-electron chi connectivity index (χ0n) is 15.6. The molecule has 0 spiro atoms. The van der Waals surface area contributed by atoms with Crippen molar-refractivity contribution in [3.8, 4) is 0 Å². The maximum absolute atomic E-state index is 12.6. The van der Waals surface area contributed by atoms with Gasteiger partial charge in [-0.3, -0.25) is 20.4 Å². The van der Waals surface area contributed by atoms with Crippen LogP contribution in [0.15, 0.2) is 24.3 Å². The van der Waals surface area contributed by atoms with E-state index in [0.29, 0.717) is 12.0 Å². The first-order valence-corrected chi connectivity index (χ1v) is 9.95. The van der Waals surface area contributed by atoms with Gasteiger partial charge < -0.3 is 0 Å². The Bertz CT molecular complexity index is 723. The van der Waals surface area contributed by atoms with Crippen molar-refractivity contribution in [2.24, 2.45) is 23.2 Å². The standard InChI is InChI=1S/C21H25F3N2O2/c22-21(23,24)17-3-1-13(2-4-17)8-18(27)25-26-19(28)12-20-9-14-5-15(10-20)7-16(6-14)11-20/h1-4,14-16H,5-12H2,(H,25,27)(H,26,28). The van der Waals surface area contributed by atoms with E-state index in [4.69, 9.17) is 0 Å². The summed E-state index contributed by atoms with van der Waals surface area (Å²) >= 11 is 0. The van der Waals surface area contributed by atoms with E-state index in [2.05, 4.69) is 10.9 Å². The van der Waals surface area contributed by atoms with E-state index in [1.54, 1.807) is 0 Å². The quantitative estimate of drug-likeness (QED) is 0.759. The third-order valence-electron chi connectivity index (χ3n) is 6.69. The van der Waals surface area contributed by atoms with Crippen LogP contribution in [0.2, 0.25) is 0 Å². The van der Waals surface area contributed by atoms with Crippen molar-refractivity contribution >= 4 is 11.8 Å². The Kier molecular flexibility index (Phi) is 4.88. The lowest BCUT2D eigenvalue weighted by Crippen LogP contribution is -2.50. The van der Waals surface area contributed by atoms with Crippen LogP contribution in [0.3, 0.4) is 0 Å². The van der Waals surface area contributed by atoms with E-state index in [0.717, 1.165) is 49.1 Å². The molecule has 4 aliphatic rings. The Morgan fingerprint density at radius 2 is 1.39 bits per heavy atom. The van der Waals surface area contributed by atoms with Gasteiger partial charge in [-0.05, 0) is 79.4 Å². The fourth-order valence-electron chi connectivity index (χ4n) is 6.07. The average molecular weight is 394 g/mol. The largest absolute Gasteiger partial charge is 0.416 e. The van der Waals surface area contributed by atoms with Gasteiger partial charge in [-0.2, -0.15) is 13.2 Å². The highest BCUT2D eigenvalue weighted by Crippen LogP contribution is 2.61. The third-order valence-corrected chi connectivity index (χ3v) is 6.69.